The predicted molar refractivity (Wildman–Crippen MR) is 111 cm³/mol. The monoisotopic (exact) mass is 358 g/mol. The fourth-order valence-corrected chi connectivity index (χ4v) is 2.27. The first-order valence-corrected chi connectivity index (χ1v) is 8.35. The van der Waals surface area contributed by atoms with E-state index in [1.54, 1.807) is 0 Å². The molecule has 1 nitrogen and oxygen atoms in total. The third-order valence-electron chi connectivity index (χ3n) is 3.13. The van der Waals surface area contributed by atoms with Crippen molar-refractivity contribution < 1.29 is 4.74 Å². The van der Waals surface area contributed by atoms with E-state index in [2.05, 4.69) is 57.8 Å². The summed E-state index contributed by atoms with van der Waals surface area (Å²) in [5.41, 5.74) is 2.55. The van der Waals surface area contributed by atoms with E-state index in [1.165, 1.54) is 16.4 Å². The van der Waals surface area contributed by atoms with Gasteiger partial charge in [-0.3, -0.25) is 0 Å². The molecule has 0 N–H and O–H groups in total. The minimum absolute atomic E-state index is 0. The van der Waals surface area contributed by atoms with Crippen molar-refractivity contribution in [2.24, 2.45) is 0 Å². The van der Waals surface area contributed by atoms with Gasteiger partial charge in [0.2, 0.25) is 0 Å². The summed E-state index contributed by atoms with van der Waals surface area (Å²) in [6, 6.07) is 28.8. The van der Waals surface area contributed by atoms with E-state index in [9.17, 15) is 0 Å². The zero-order valence-electron chi connectivity index (χ0n) is 14.1. The molecule has 0 aliphatic heterocycles. The van der Waals surface area contributed by atoms with E-state index >= 15 is 0 Å². The fraction of sp³-hybridized carbons (Fsp3) is 0.143. The van der Waals surface area contributed by atoms with E-state index in [-0.39, 0.29) is 18.5 Å². The van der Waals surface area contributed by atoms with Crippen molar-refractivity contribution in [3.63, 3.8) is 0 Å². The predicted octanol–water partition coefficient (Wildman–Crippen LogP) is 5.75. The van der Waals surface area contributed by atoms with Crippen LogP contribution in [0.3, 0.4) is 0 Å². The average molecular weight is 359 g/mol. The van der Waals surface area contributed by atoms with Crippen LogP contribution in [0.5, 0.6) is 5.75 Å². The first kappa shape index (κ1) is 20.2. The average Bonchev–Trinajstić information content (AvgIpc) is 2.59. The number of rotatable bonds is 3. The lowest BCUT2D eigenvalue weighted by Crippen LogP contribution is -2.05. The molecule has 0 radical (unpaired) electrons. The van der Waals surface area contributed by atoms with Crippen molar-refractivity contribution in [1.29, 1.82) is 0 Å². The molecule has 0 aliphatic rings. The molecule has 0 saturated heterocycles. The zero-order chi connectivity index (χ0) is 16.5. The van der Waals surface area contributed by atoms with E-state index in [0.29, 0.717) is 0 Å². The van der Waals surface area contributed by atoms with Crippen LogP contribution in [0, 0.1) is 0 Å². The molecule has 0 fully saturated rings. The molecule has 24 heavy (non-hydrogen) atoms. The van der Waals surface area contributed by atoms with Gasteiger partial charge < -0.3 is 4.74 Å². The summed E-state index contributed by atoms with van der Waals surface area (Å²) >= 11 is 0. The lowest BCUT2D eigenvalue weighted by molar-refractivity contribution is 0.242. The van der Waals surface area contributed by atoms with Crippen LogP contribution < -0.4 is 10.0 Å². The minimum Gasteiger partial charge on any atom is -0.491 e. The molecule has 0 aromatic heterocycles. The summed E-state index contributed by atoms with van der Waals surface area (Å²) in [7, 11) is 2.64. The summed E-state index contributed by atoms with van der Waals surface area (Å²) < 4.78 is 5.46. The van der Waals surface area contributed by atoms with Crippen LogP contribution >= 0.6 is 21.6 Å². The Morgan fingerprint density at radius 1 is 0.667 bits per heavy atom. The maximum atomic E-state index is 5.46. The number of halogens is 1. The van der Waals surface area contributed by atoms with Crippen molar-refractivity contribution in [3.05, 3.63) is 84.9 Å². The Bertz CT molecular complexity index is 645. The van der Waals surface area contributed by atoms with Gasteiger partial charge in [-0.25, -0.2) is 0 Å². The zero-order valence-corrected chi connectivity index (χ0v) is 16.0. The summed E-state index contributed by atoms with van der Waals surface area (Å²) in [4.78, 5) is 0. The second kappa shape index (κ2) is 10.9. The van der Waals surface area contributed by atoms with Crippen LogP contribution in [0.2, 0.25) is 0 Å². The molecule has 3 aromatic rings. The van der Waals surface area contributed by atoms with Crippen molar-refractivity contribution in [3.8, 4) is 16.9 Å². The molecule has 3 rings (SSSR count). The highest BCUT2D eigenvalue weighted by Crippen LogP contribution is 2.17. The van der Waals surface area contributed by atoms with Gasteiger partial charge in [0.25, 0.3) is 0 Å². The molecule has 0 saturated carbocycles. The highest BCUT2D eigenvalue weighted by molar-refractivity contribution is 7.27. The van der Waals surface area contributed by atoms with Gasteiger partial charge in [0.1, 0.15) is 5.75 Å². The van der Waals surface area contributed by atoms with E-state index in [1.807, 2.05) is 50.2 Å². The number of benzene rings is 3. The van der Waals surface area contributed by atoms with Crippen molar-refractivity contribution in [2.75, 3.05) is 0 Å². The normalized spacial score (nSPS) is 9.50. The van der Waals surface area contributed by atoms with Crippen molar-refractivity contribution in [1.82, 2.24) is 0 Å². The van der Waals surface area contributed by atoms with Crippen LogP contribution in [0.4, 0.5) is 0 Å². The summed E-state index contributed by atoms with van der Waals surface area (Å²) in [6.45, 7) is 4.04. The standard InChI is InChI=1S/C12H10.C9H13OP.ClH/c1-3-7-11(8-4-1)12-9-5-2-6-10-12;1-7(2)10-8-3-5-9(11)6-4-8;/h1-10H;3-7H,11H2,1-2H3;1H. The van der Waals surface area contributed by atoms with Crippen molar-refractivity contribution >= 4 is 27.0 Å². The molecule has 0 bridgehead atoms. The number of hydrogen-bond donors (Lipinski definition) is 0. The second-order valence-electron chi connectivity index (χ2n) is 5.47. The Morgan fingerprint density at radius 2 is 1.08 bits per heavy atom. The Kier molecular flexibility index (Phi) is 9.15. The van der Waals surface area contributed by atoms with Gasteiger partial charge in [-0.2, -0.15) is 0 Å². The van der Waals surface area contributed by atoms with Gasteiger partial charge in [-0.1, -0.05) is 72.8 Å². The van der Waals surface area contributed by atoms with Gasteiger partial charge >= 0.3 is 0 Å². The molecular weight excluding hydrogens is 335 g/mol. The maximum absolute atomic E-state index is 5.46. The van der Waals surface area contributed by atoms with E-state index in [0.717, 1.165) is 5.75 Å². The van der Waals surface area contributed by atoms with Crippen LogP contribution in [-0.2, 0) is 0 Å². The SMILES string of the molecule is CC(C)Oc1ccc(P)cc1.Cl.c1ccc(-c2ccccc2)cc1. The molecular formula is C21H24ClOP. The Morgan fingerprint density at radius 3 is 1.46 bits per heavy atom. The first-order chi connectivity index (χ1) is 11.1. The Labute approximate surface area is 153 Å². The smallest absolute Gasteiger partial charge is 0.119 e. The van der Waals surface area contributed by atoms with Crippen LogP contribution in [0.25, 0.3) is 11.1 Å². The molecule has 1 unspecified atom stereocenters. The molecule has 0 aliphatic carbocycles. The Hall–Kier alpha value is -1.82. The Balaban J connectivity index is 0.000000232. The van der Waals surface area contributed by atoms with Crippen LogP contribution in [-0.4, -0.2) is 6.10 Å². The van der Waals surface area contributed by atoms with E-state index < -0.39 is 0 Å². The molecule has 0 heterocycles. The van der Waals surface area contributed by atoms with Gasteiger partial charge in [0.05, 0.1) is 6.10 Å². The molecule has 0 amide bonds. The molecule has 3 aromatic carbocycles. The van der Waals surface area contributed by atoms with Crippen LogP contribution in [0.1, 0.15) is 13.8 Å². The molecule has 126 valence electrons. The topological polar surface area (TPSA) is 9.23 Å². The summed E-state index contributed by atoms with van der Waals surface area (Å²) in [5, 5.41) is 1.18. The number of hydrogen-bond acceptors (Lipinski definition) is 1. The van der Waals surface area contributed by atoms with Gasteiger partial charge in [0.15, 0.2) is 0 Å². The molecule has 1 atom stereocenters. The quantitative estimate of drug-likeness (QED) is 0.542. The highest BCUT2D eigenvalue weighted by atomic mass is 35.5. The van der Waals surface area contributed by atoms with E-state index in [4.69, 9.17) is 4.74 Å². The molecule has 3 heteroatoms. The third-order valence-corrected chi connectivity index (χ3v) is 3.52. The lowest BCUT2D eigenvalue weighted by atomic mass is 10.1. The maximum Gasteiger partial charge on any atom is 0.119 e. The van der Waals surface area contributed by atoms with Gasteiger partial charge in [-0.05, 0) is 42.4 Å². The van der Waals surface area contributed by atoms with Crippen LogP contribution in [0.15, 0.2) is 84.9 Å². The molecule has 0 spiro atoms. The first-order valence-electron chi connectivity index (χ1n) is 7.78. The number of ether oxygens (including phenoxy) is 1. The van der Waals surface area contributed by atoms with Gasteiger partial charge in [0, 0.05) is 0 Å². The minimum atomic E-state index is 0. The third kappa shape index (κ3) is 7.17. The summed E-state index contributed by atoms with van der Waals surface area (Å²) in [5.74, 6) is 0.936. The highest BCUT2D eigenvalue weighted by Gasteiger charge is 1.95. The largest absolute Gasteiger partial charge is 0.491 e. The fourth-order valence-electron chi connectivity index (χ4n) is 2.08. The summed E-state index contributed by atoms with van der Waals surface area (Å²) in [6.07, 6.45) is 0.255. The van der Waals surface area contributed by atoms with Crippen molar-refractivity contribution in [2.45, 2.75) is 20.0 Å². The lowest BCUT2D eigenvalue weighted by Gasteiger charge is -2.08. The van der Waals surface area contributed by atoms with Gasteiger partial charge in [-0.15, -0.1) is 21.6 Å². The second-order valence-corrected chi connectivity index (χ2v) is 6.13.